The molecule has 1 fully saturated rings. The number of carbonyl (C=O) groups is 1. The van der Waals surface area contributed by atoms with Gasteiger partial charge in [0.15, 0.2) is 5.82 Å². The molecule has 160 valence electrons. The van der Waals surface area contributed by atoms with Gasteiger partial charge in [0.05, 0.1) is 18.2 Å². The summed E-state index contributed by atoms with van der Waals surface area (Å²) in [6.07, 6.45) is 3.85. The second-order valence-electron chi connectivity index (χ2n) is 8.60. The van der Waals surface area contributed by atoms with E-state index in [0.29, 0.717) is 29.7 Å². The van der Waals surface area contributed by atoms with E-state index in [2.05, 4.69) is 22.3 Å². The highest BCUT2D eigenvalue weighted by molar-refractivity contribution is 6.09. The lowest BCUT2D eigenvalue weighted by Crippen LogP contribution is -2.24. The van der Waals surface area contributed by atoms with Crippen LogP contribution in [-0.4, -0.2) is 25.7 Å². The molecule has 0 saturated heterocycles. The summed E-state index contributed by atoms with van der Waals surface area (Å²) in [6, 6.07) is 19.6. The summed E-state index contributed by atoms with van der Waals surface area (Å²) in [7, 11) is 1.88. The molecule has 3 heterocycles. The Morgan fingerprint density at radius 1 is 1.03 bits per heavy atom. The Hall–Kier alpha value is -4.31. The topological polar surface area (TPSA) is 87.7 Å². The van der Waals surface area contributed by atoms with Crippen molar-refractivity contribution in [1.29, 1.82) is 5.26 Å². The maximum atomic E-state index is 13.2. The number of carbonyl (C=O) groups excluding carboxylic acids is 1. The molecule has 4 aromatic rings. The maximum Gasteiger partial charge on any atom is 0.260 e. The van der Waals surface area contributed by atoms with Crippen LogP contribution in [0.5, 0.6) is 0 Å². The molecule has 0 unspecified atom stereocenters. The first-order valence-corrected chi connectivity index (χ1v) is 10.9. The van der Waals surface area contributed by atoms with Crippen molar-refractivity contribution in [2.45, 2.75) is 25.3 Å². The molecule has 0 spiro atoms. The smallest absolute Gasteiger partial charge is 0.260 e. The van der Waals surface area contributed by atoms with Gasteiger partial charge in [0.2, 0.25) is 0 Å². The van der Waals surface area contributed by atoms with Crippen LogP contribution in [-0.2, 0) is 13.6 Å². The first-order chi connectivity index (χ1) is 16.1. The Morgan fingerprint density at radius 3 is 2.61 bits per heavy atom. The van der Waals surface area contributed by atoms with Gasteiger partial charge in [-0.05, 0) is 59.9 Å². The first kappa shape index (κ1) is 19.4. The molecule has 0 radical (unpaired) electrons. The number of hydrogen-bond acceptors (Lipinski definition) is 5. The van der Waals surface area contributed by atoms with Gasteiger partial charge in [0.1, 0.15) is 12.1 Å². The number of anilines is 1. The Kier molecular flexibility index (Phi) is 4.34. The molecular formula is C26H20N6O. The van der Waals surface area contributed by atoms with Crippen LogP contribution in [0.3, 0.4) is 0 Å². The van der Waals surface area contributed by atoms with Crippen LogP contribution in [0, 0.1) is 11.3 Å². The van der Waals surface area contributed by atoms with E-state index in [1.54, 1.807) is 11.2 Å². The molecular weight excluding hydrogens is 412 g/mol. The summed E-state index contributed by atoms with van der Waals surface area (Å²) < 4.78 is 1.84. The van der Waals surface area contributed by atoms with Gasteiger partial charge in [-0.15, -0.1) is 10.2 Å². The lowest BCUT2D eigenvalue weighted by atomic mass is 9.96. The van der Waals surface area contributed by atoms with Crippen molar-refractivity contribution >= 4 is 11.7 Å². The van der Waals surface area contributed by atoms with E-state index >= 15 is 0 Å². The minimum Gasteiger partial charge on any atom is -0.317 e. The minimum atomic E-state index is -0.0228. The Balaban J connectivity index is 1.51. The van der Waals surface area contributed by atoms with Gasteiger partial charge in [-0.3, -0.25) is 9.69 Å². The zero-order valence-electron chi connectivity index (χ0n) is 18.1. The van der Waals surface area contributed by atoms with Gasteiger partial charge >= 0.3 is 0 Å². The number of aromatic nitrogens is 4. The van der Waals surface area contributed by atoms with E-state index in [9.17, 15) is 10.1 Å². The fourth-order valence-electron chi connectivity index (χ4n) is 4.44. The molecule has 1 aliphatic carbocycles. The second kappa shape index (κ2) is 7.38. The van der Waals surface area contributed by atoms with Gasteiger partial charge < -0.3 is 4.57 Å². The summed E-state index contributed by atoms with van der Waals surface area (Å²) in [5, 5.41) is 17.8. The lowest BCUT2D eigenvalue weighted by molar-refractivity contribution is 0.0996. The van der Waals surface area contributed by atoms with Crippen molar-refractivity contribution in [2.24, 2.45) is 7.05 Å². The molecule has 7 nitrogen and oxygen atoms in total. The van der Waals surface area contributed by atoms with Crippen LogP contribution in [0.25, 0.3) is 22.5 Å². The number of pyridine rings is 1. The fourth-order valence-corrected chi connectivity index (χ4v) is 4.44. The van der Waals surface area contributed by atoms with E-state index in [1.807, 2.05) is 60.1 Å². The molecule has 1 amide bonds. The van der Waals surface area contributed by atoms with E-state index in [1.165, 1.54) is 0 Å². The molecule has 7 heteroatoms. The summed E-state index contributed by atoms with van der Waals surface area (Å²) in [5.74, 6) is 1.73. The van der Waals surface area contributed by atoms with Gasteiger partial charge in [-0.2, -0.15) is 5.26 Å². The van der Waals surface area contributed by atoms with Crippen molar-refractivity contribution < 1.29 is 4.79 Å². The van der Waals surface area contributed by atoms with Crippen LogP contribution in [0.4, 0.5) is 5.82 Å². The van der Waals surface area contributed by atoms with E-state index in [0.717, 1.165) is 46.4 Å². The molecule has 0 bridgehead atoms. The average Bonchev–Trinajstić information content (AvgIpc) is 3.53. The van der Waals surface area contributed by atoms with Crippen molar-refractivity contribution in [3.8, 4) is 28.6 Å². The molecule has 33 heavy (non-hydrogen) atoms. The maximum absolute atomic E-state index is 13.2. The highest BCUT2D eigenvalue weighted by atomic mass is 16.2. The van der Waals surface area contributed by atoms with Gasteiger partial charge in [-0.25, -0.2) is 4.98 Å². The highest BCUT2D eigenvalue weighted by Gasteiger charge is 2.32. The summed E-state index contributed by atoms with van der Waals surface area (Å²) in [4.78, 5) is 19.8. The highest BCUT2D eigenvalue weighted by Crippen LogP contribution is 2.43. The molecule has 0 atom stereocenters. The standard InChI is InChI=1S/C26H20N6O/c1-31-15-28-30-25(31)22-10-16(13-27)6-9-20(22)19-11-23(17-7-8-17)29-24(12-19)32-14-18-4-2-3-5-21(18)26(32)33/h2-6,9-12,15,17H,7-8,14H2,1H3. The van der Waals surface area contributed by atoms with E-state index in [4.69, 9.17) is 4.98 Å². The number of benzene rings is 2. The molecule has 2 aromatic carbocycles. The molecule has 2 aromatic heterocycles. The predicted octanol–water partition coefficient (Wildman–Crippen LogP) is 4.45. The van der Waals surface area contributed by atoms with Crippen molar-refractivity contribution in [3.63, 3.8) is 0 Å². The van der Waals surface area contributed by atoms with Gasteiger partial charge in [0, 0.05) is 29.8 Å². The molecule has 1 aliphatic heterocycles. The molecule has 0 N–H and O–H groups in total. The van der Waals surface area contributed by atoms with E-state index < -0.39 is 0 Å². The number of rotatable bonds is 4. The first-order valence-electron chi connectivity index (χ1n) is 10.9. The summed E-state index contributed by atoms with van der Waals surface area (Å²) in [6.45, 7) is 0.513. The van der Waals surface area contributed by atoms with Gasteiger partial charge in [0.25, 0.3) is 5.91 Å². The fraction of sp³-hybridized carbons (Fsp3) is 0.192. The van der Waals surface area contributed by atoms with Crippen LogP contribution >= 0.6 is 0 Å². The van der Waals surface area contributed by atoms with E-state index in [-0.39, 0.29) is 5.91 Å². The number of aryl methyl sites for hydroxylation is 1. The Bertz CT molecular complexity index is 1460. The normalized spacial score (nSPS) is 14.9. The molecule has 6 rings (SSSR count). The van der Waals surface area contributed by atoms with Crippen LogP contribution in [0.2, 0.25) is 0 Å². The van der Waals surface area contributed by atoms with Crippen LogP contribution in [0.1, 0.15) is 45.9 Å². The number of nitrogens with zero attached hydrogens (tertiary/aromatic N) is 6. The van der Waals surface area contributed by atoms with Crippen LogP contribution in [0.15, 0.2) is 60.9 Å². The van der Waals surface area contributed by atoms with Crippen molar-refractivity contribution in [1.82, 2.24) is 19.7 Å². The van der Waals surface area contributed by atoms with Crippen molar-refractivity contribution in [2.75, 3.05) is 4.90 Å². The monoisotopic (exact) mass is 432 g/mol. The number of fused-ring (bicyclic) bond motifs is 1. The Labute approximate surface area is 191 Å². The minimum absolute atomic E-state index is 0.0228. The number of amides is 1. The third-order valence-electron chi connectivity index (χ3n) is 6.34. The zero-order valence-corrected chi connectivity index (χ0v) is 18.1. The van der Waals surface area contributed by atoms with Crippen molar-refractivity contribution in [3.05, 3.63) is 83.3 Å². The molecule has 2 aliphatic rings. The molecule has 1 saturated carbocycles. The third kappa shape index (κ3) is 3.28. The number of nitriles is 1. The average molecular weight is 432 g/mol. The summed E-state index contributed by atoms with van der Waals surface area (Å²) in [5.41, 5.74) is 6.01. The third-order valence-corrected chi connectivity index (χ3v) is 6.34. The zero-order chi connectivity index (χ0) is 22.5. The lowest BCUT2D eigenvalue weighted by Gasteiger charge is -2.18. The SMILES string of the molecule is Cn1cnnc1-c1cc(C#N)ccc1-c1cc(C2CC2)nc(N2Cc3ccccc3C2=O)c1. The Morgan fingerprint density at radius 2 is 1.88 bits per heavy atom. The number of hydrogen-bond donors (Lipinski definition) is 0. The second-order valence-corrected chi connectivity index (χ2v) is 8.60. The van der Waals surface area contributed by atoms with Crippen LogP contribution < -0.4 is 4.90 Å². The largest absolute Gasteiger partial charge is 0.317 e. The van der Waals surface area contributed by atoms with Gasteiger partial charge in [-0.1, -0.05) is 24.3 Å². The summed E-state index contributed by atoms with van der Waals surface area (Å²) >= 11 is 0. The quantitative estimate of drug-likeness (QED) is 0.475. The predicted molar refractivity (Wildman–Crippen MR) is 123 cm³/mol.